The predicted octanol–water partition coefficient (Wildman–Crippen LogP) is 4.46. The zero-order valence-electron chi connectivity index (χ0n) is 30.9. The number of hydroxylamine groups is 2. The molecule has 0 fully saturated rings. The van der Waals surface area contributed by atoms with Crippen LogP contribution in [0.4, 0.5) is 4.39 Å². The predicted molar refractivity (Wildman–Crippen MR) is 193 cm³/mol. The highest BCUT2D eigenvalue weighted by atomic mass is 19.1. The summed E-state index contributed by atoms with van der Waals surface area (Å²) in [6, 6.07) is 8.57. The number of ether oxygens (including phenoxy) is 1. The molecule has 1 heterocycles. The maximum absolute atomic E-state index is 14.5. The van der Waals surface area contributed by atoms with Crippen LogP contribution < -0.4 is 20.7 Å². The van der Waals surface area contributed by atoms with Gasteiger partial charge < -0.3 is 40.2 Å². The van der Waals surface area contributed by atoms with Crippen molar-refractivity contribution in [3.8, 4) is 17.1 Å². The second-order valence-electron chi connectivity index (χ2n) is 12.3. The number of carboxylic acids is 2. The van der Waals surface area contributed by atoms with Crippen LogP contribution in [0.25, 0.3) is 11.3 Å². The Balaban J connectivity index is 1.71. The van der Waals surface area contributed by atoms with Crippen LogP contribution in [-0.2, 0) is 24.0 Å². The van der Waals surface area contributed by atoms with Gasteiger partial charge in [0.25, 0.3) is 11.8 Å². The van der Waals surface area contributed by atoms with E-state index in [0.717, 1.165) is 24.0 Å². The number of hydrogen-bond acceptors (Lipinski definition) is 10. The van der Waals surface area contributed by atoms with Crippen LogP contribution >= 0.6 is 0 Å². The van der Waals surface area contributed by atoms with Gasteiger partial charge >= 0.3 is 17.9 Å². The molecule has 0 spiro atoms. The number of nitrogens with zero attached hydrogens (tertiary/aromatic N) is 1. The molecular weight excluding hydrogens is 723 g/mol. The third-order valence-electron chi connectivity index (χ3n) is 8.52. The van der Waals surface area contributed by atoms with E-state index in [1.165, 1.54) is 49.4 Å². The van der Waals surface area contributed by atoms with Crippen LogP contribution in [0.5, 0.6) is 5.75 Å². The third-order valence-corrected chi connectivity index (χ3v) is 8.52. The molecule has 0 aliphatic carbocycles. The zero-order valence-corrected chi connectivity index (χ0v) is 30.9. The van der Waals surface area contributed by atoms with E-state index in [2.05, 4.69) is 16.0 Å². The van der Waals surface area contributed by atoms with Gasteiger partial charge in [-0.25, -0.2) is 14.0 Å². The number of carboxylic acid groups (broad SMARTS) is 2. The first kappa shape index (κ1) is 43.1. The van der Waals surface area contributed by atoms with Crippen molar-refractivity contribution >= 4 is 42.0 Å². The number of unbranched alkanes of at least 4 members (excludes halogenated alkanes) is 2. The summed E-state index contributed by atoms with van der Waals surface area (Å²) in [6.07, 6.45) is 2.21. The Kier molecular flexibility index (Phi) is 16.3. The lowest BCUT2D eigenvalue weighted by Gasteiger charge is -2.32. The summed E-state index contributed by atoms with van der Waals surface area (Å²) >= 11 is 0. The van der Waals surface area contributed by atoms with E-state index in [-0.39, 0.29) is 54.5 Å². The van der Waals surface area contributed by atoms with E-state index in [1.807, 2.05) is 6.92 Å². The van der Waals surface area contributed by atoms with Crippen molar-refractivity contribution in [3.63, 3.8) is 0 Å². The second-order valence-corrected chi connectivity index (χ2v) is 12.3. The average molecular weight is 769 g/mol. The third kappa shape index (κ3) is 11.9. The molecule has 3 aromatic rings. The minimum Gasteiger partial charge on any atom is -0.493 e. The van der Waals surface area contributed by atoms with E-state index in [4.69, 9.17) is 19.1 Å². The normalized spacial score (nSPS) is 12.4. The molecule has 17 heteroatoms. The van der Waals surface area contributed by atoms with Crippen LogP contribution in [0.15, 0.2) is 52.9 Å². The average Bonchev–Trinajstić information content (AvgIpc) is 3.64. The lowest BCUT2D eigenvalue weighted by Crippen LogP contribution is -2.49. The van der Waals surface area contributed by atoms with Gasteiger partial charge in [0, 0.05) is 5.56 Å². The van der Waals surface area contributed by atoms with Crippen molar-refractivity contribution in [2.75, 3.05) is 13.3 Å². The largest absolute Gasteiger partial charge is 0.493 e. The van der Waals surface area contributed by atoms with Gasteiger partial charge in [-0.05, 0) is 62.6 Å². The molecule has 4 amide bonds. The minimum absolute atomic E-state index is 0.0474. The minimum atomic E-state index is -1.68. The van der Waals surface area contributed by atoms with E-state index < -0.39 is 65.9 Å². The topological polar surface area (TPSA) is 231 Å². The summed E-state index contributed by atoms with van der Waals surface area (Å²) in [7, 11) is 0. The van der Waals surface area contributed by atoms with Crippen LogP contribution in [0.3, 0.4) is 0 Å². The zero-order chi connectivity index (χ0) is 40.7. The van der Waals surface area contributed by atoms with Crippen molar-refractivity contribution < 1.29 is 62.2 Å². The molecular formula is C38H45FN4O12. The first-order valence-electron chi connectivity index (χ1n) is 17.6. The fourth-order valence-electron chi connectivity index (χ4n) is 5.75. The number of furan rings is 1. The number of halogens is 1. The van der Waals surface area contributed by atoms with Gasteiger partial charge in [0.2, 0.25) is 12.3 Å². The molecule has 0 aliphatic rings. The number of hydrogen-bond donors (Lipinski definition) is 5. The molecule has 0 radical (unpaired) electrons. The summed E-state index contributed by atoms with van der Waals surface area (Å²) in [5.74, 6) is -7.68. The van der Waals surface area contributed by atoms with Gasteiger partial charge in [-0.1, -0.05) is 51.3 Å². The highest BCUT2D eigenvalue weighted by Gasteiger charge is 2.34. The smallest absolute Gasteiger partial charge is 0.366 e. The van der Waals surface area contributed by atoms with Gasteiger partial charge in [-0.2, -0.15) is 5.06 Å². The van der Waals surface area contributed by atoms with E-state index in [1.54, 1.807) is 13.8 Å². The van der Waals surface area contributed by atoms with Crippen molar-refractivity contribution in [3.05, 3.63) is 76.8 Å². The summed E-state index contributed by atoms with van der Waals surface area (Å²) in [5, 5.41) is 26.4. The fourth-order valence-corrected chi connectivity index (χ4v) is 5.75. The Hall–Kier alpha value is -6.26. The molecule has 16 nitrogen and oxygen atoms in total. The SMILES string of the molecule is CCCCCC(C(=O)NCNC(=O)c1ccc(-c2ccc(C(=O)NC(CC(=O)O)C(=O)O)c(OCC)c2)o1)C(CC)N(C=O)OC(=O)c1c(C)cccc1F. The Labute approximate surface area is 316 Å². The summed E-state index contributed by atoms with van der Waals surface area (Å²) in [6.45, 7) is 6.66. The summed E-state index contributed by atoms with van der Waals surface area (Å²) < 4.78 is 25.7. The van der Waals surface area contributed by atoms with Crippen LogP contribution in [0.2, 0.25) is 0 Å². The monoisotopic (exact) mass is 768 g/mol. The van der Waals surface area contributed by atoms with Gasteiger partial charge in [-0.15, -0.1) is 0 Å². The number of rotatable bonds is 22. The highest BCUT2D eigenvalue weighted by molar-refractivity contribution is 6.00. The van der Waals surface area contributed by atoms with E-state index in [0.29, 0.717) is 24.0 Å². The number of carbonyl (C=O) groups is 7. The Morgan fingerprint density at radius 3 is 2.33 bits per heavy atom. The molecule has 3 rings (SSSR count). The lowest BCUT2D eigenvalue weighted by molar-refractivity contribution is -0.171. The number of aliphatic carboxylic acids is 2. The maximum Gasteiger partial charge on any atom is 0.366 e. The molecule has 0 aliphatic heterocycles. The number of aryl methyl sites for hydroxylation is 1. The molecule has 296 valence electrons. The summed E-state index contributed by atoms with van der Waals surface area (Å²) in [4.78, 5) is 92.2. The Bertz CT molecular complexity index is 1840. The number of benzene rings is 2. The molecule has 0 saturated heterocycles. The Morgan fingerprint density at radius 1 is 0.964 bits per heavy atom. The van der Waals surface area contributed by atoms with Gasteiger partial charge in [0.05, 0.1) is 37.2 Å². The number of amides is 4. The van der Waals surface area contributed by atoms with Crippen LogP contribution in [0, 0.1) is 18.7 Å². The van der Waals surface area contributed by atoms with E-state index >= 15 is 0 Å². The molecule has 3 atom stereocenters. The molecule has 5 N–H and O–H groups in total. The second kappa shape index (κ2) is 20.8. The summed E-state index contributed by atoms with van der Waals surface area (Å²) in [5.41, 5.74) is 0.302. The molecule has 2 aromatic carbocycles. The van der Waals surface area contributed by atoms with Crippen LogP contribution in [-0.4, -0.2) is 82.7 Å². The van der Waals surface area contributed by atoms with Gasteiger partial charge in [0.1, 0.15) is 28.9 Å². The highest BCUT2D eigenvalue weighted by Crippen LogP contribution is 2.29. The fraction of sp³-hybridized carbons (Fsp3) is 0.395. The first-order chi connectivity index (χ1) is 26.3. The van der Waals surface area contributed by atoms with Gasteiger partial charge in [0.15, 0.2) is 5.76 Å². The molecule has 0 bridgehead atoms. The van der Waals surface area contributed by atoms with Crippen LogP contribution in [0.1, 0.15) is 96.1 Å². The lowest BCUT2D eigenvalue weighted by atomic mass is 9.90. The Morgan fingerprint density at radius 2 is 1.71 bits per heavy atom. The first-order valence-corrected chi connectivity index (χ1v) is 17.6. The maximum atomic E-state index is 14.5. The number of nitrogens with one attached hydrogen (secondary N) is 3. The standard InChI is InChI=1S/C38H45FN4O12/c1-5-8-9-12-24(28(6-2)43(21-44)55-38(52)33-22(4)11-10-13-26(33)39)34(47)40-20-41-36(49)30-17-16-29(54-30)23-14-15-25(31(18-23)53-7-3)35(48)42-27(37(50)51)19-32(45)46/h10-11,13-18,21,24,27-28H,5-9,12,19-20H2,1-4H3,(H,40,47)(H,41,49)(H,42,48)(H,45,46)(H,50,51). The van der Waals surface area contributed by atoms with Crippen molar-refractivity contribution in [2.45, 2.75) is 78.3 Å². The van der Waals surface area contributed by atoms with Crippen molar-refractivity contribution in [1.82, 2.24) is 21.0 Å². The van der Waals surface area contributed by atoms with Gasteiger partial charge in [-0.3, -0.25) is 24.0 Å². The molecule has 0 saturated carbocycles. The van der Waals surface area contributed by atoms with Crippen molar-refractivity contribution in [1.29, 1.82) is 0 Å². The van der Waals surface area contributed by atoms with Crippen molar-refractivity contribution in [2.24, 2.45) is 5.92 Å². The quantitative estimate of drug-likeness (QED) is 0.0413. The molecule has 3 unspecified atom stereocenters. The molecule has 55 heavy (non-hydrogen) atoms. The number of carbonyl (C=O) groups excluding carboxylic acids is 5. The molecule has 1 aromatic heterocycles. The van der Waals surface area contributed by atoms with E-state index in [9.17, 15) is 43.1 Å².